The Hall–Kier alpha value is -1.22. The Bertz CT molecular complexity index is 365. The first-order chi connectivity index (χ1) is 6.16. The molecule has 1 aromatic rings. The molecule has 0 spiro atoms. The molecule has 1 heterocycles. The van der Waals surface area contributed by atoms with Crippen molar-refractivity contribution in [3.8, 4) is 0 Å². The van der Waals surface area contributed by atoms with E-state index in [0.717, 1.165) is 11.3 Å². The molecule has 2 rings (SSSR count). The van der Waals surface area contributed by atoms with Crippen molar-refractivity contribution in [1.82, 2.24) is 5.32 Å². The Balaban J connectivity index is 2.49. The van der Waals surface area contributed by atoms with Gasteiger partial charge in [-0.1, -0.05) is 11.6 Å². The predicted octanol–water partition coefficient (Wildman–Crippen LogP) is 2.54. The zero-order valence-electron chi connectivity index (χ0n) is 7.10. The summed E-state index contributed by atoms with van der Waals surface area (Å²) in [7, 11) is 0. The highest BCUT2D eigenvalue weighted by molar-refractivity contribution is 6.30. The number of carbonyl (C=O) groups is 1. The number of anilines is 1. The van der Waals surface area contributed by atoms with Crippen molar-refractivity contribution in [2.75, 3.05) is 5.32 Å². The van der Waals surface area contributed by atoms with Crippen LogP contribution in [0.3, 0.4) is 0 Å². The molecule has 2 N–H and O–H groups in total. The van der Waals surface area contributed by atoms with Crippen LogP contribution < -0.4 is 10.6 Å². The zero-order chi connectivity index (χ0) is 9.42. The van der Waals surface area contributed by atoms with E-state index in [1.165, 1.54) is 0 Å². The summed E-state index contributed by atoms with van der Waals surface area (Å²) >= 11 is 5.84. The third kappa shape index (κ3) is 1.47. The molecule has 0 aromatic heterocycles. The Kier molecular flexibility index (Phi) is 1.88. The minimum Gasteiger partial charge on any atom is -0.331 e. The molecule has 2 amide bonds. The largest absolute Gasteiger partial charge is 0.331 e. The number of nitrogens with one attached hydrogen (secondary N) is 2. The minimum absolute atomic E-state index is 0.0162. The molecule has 0 radical (unpaired) electrons. The number of carbonyl (C=O) groups excluding carboxylic acids is 1. The summed E-state index contributed by atoms with van der Waals surface area (Å²) in [5.41, 5.74) is 1.85. The SMILES string of the molecule is CC1NC(=O)Nc2ccc(Cl)cc21. The van der Waals surface area contributed by atoms with Gasteiger partial charge in [-0.3, -0.25) is 0 Å². The van der Waals surface area contributed by atoms with Crippen LogP contribution in [0.5, 0.6) is 0 Å². The Morgan fingerprint density at radius 1 is 1.46 bits per heavy atom. The lowest BCUT2D eigenvalue weighted by Gasteiger charge is -2.24. The molecule has 68 valence electrons. The van der Waals surface area contributed by atoms with Crippen LogP contribution in [-0.2, 0) is 0 Å². The van der Waals surface area contributed by atoms with E-state index in [0.29, 0.717) is 5.02 Å². The molecular formula is C9H9ClN2O. The van der Waals surface area contributed by atoms with Crippen LogP contribution in [0.4, 0.5) is 10.5 Å². The summed E-state index contributed by atoms with van der Waals surface area (Å²) in [6.07, 6.45) is 0. The van der Waals surface area contributed by atoms with Crippen molar-refractivity contribution in [3.05, 3.63) is 28.8 Å². The third-order valence-electron chi connectivity index (χ3n) is 2.08. The van der Waals surface area contributed by atoms with Crippen LogP contribution in [0.25, 0.3) is 0 Å². The number of amides is 2. The summed E-state index contributed by atoms with van der Waals surface area (Å²) in [5.74, 6) is 0. The first-order valence-electron chi connectivity index (χ1n) is 4.04. The van der Waals surface area contributed by atoms with Crippen molar-refractivity contribution in [2.24, 2.45) is 0 Å². The molecule has 1 aliphatic heterocycles. The molecule has 1 aliphatic rings. The first kappa shape index (κ1) is 8.38. The highest BCUT2D eigenvalue weighted by Crippen LogP contribution is 2.28. The van der Waals surface area contributed by atoms with Gasteiger partial charge in [-0.2, -0.15) is 0 Å². The number of hydrogen-bond donors (Lipinski definition) is 2. The van der Waals surface area contributed by atoms with Gasteiger partial charge in [0.15, 0.2) is 0 Å². The fourth-order valence-electron chi connectivity index (χ4n) is 1.44. The number of urea groups is 1. The molecule has 13 heavy (non-hydrogen) atoms. The van der Waals surface area contributed by atoms with E-state index in [2.05, 4.69) is 10.6 Å². The molecule has 1 unspecified atom stereocenters. The van der Waals surface area contributed by atoms with Gasteiger partial charge in [0.05, 0.1) is 6.04 Å². The van der Waals surface area contributed by atoms with Crippen molar-refractivity contribution in [2.45, 2.75) is 13.0 Å². The van der Waals surface area contributed by atoms with Crippen molar-refractivity contribution < 1.29 is 4.79 Å². The van der Waals surface area contributed by atoms with Crippen molar-refractivity contribution in [1.29, 1.82) is 0 Å². The fraction of sp³-hybridized carbons (Fsp3) is 0.222. The molecule has 3 nitrogen and oxygen atoms in total. The van der Waals surface area contributed by atoms with E-state index in [1.54, 1.807) is 6.07 Å². The predicted molar refractivity (Wildman–Crippen MR) is 52.0 cm³/mol. The molecular weight excluding hydrogens is 188 g/mol. The van der Waals surface area contributed by atoms with Crippen LogP contribution in [0, 0.1) is 0 Å². The van der Waals surface area contributed by atoms with Gasteiger partial charge in [0, 0.05) is 10.7 Å². The van der Waals surface area contributed by atoms with Crippen molar-refractivity contribution in [3.63, 3.8) is 0 Å². The van der Waals surface area contributed by atoms with E-state index in [4.69, 9.17) is 11.6 Å². The van der Waals surface area contributed by atoms with Gasteiger partial charge < -0.3 is 10.6 Å². The minimum atomic E-state index is -0.165. The van der Waals surface area contributed by atoms with Gasteiger partial charge in [0.2, 0.25) is 0 Å². The lowest BCUT2D eigenvalue weighted by molar-refractivity contribution is 0.248. The van der Waals surface area contributed by atoms with Gasteiger partial charge in [-0.15, -0.1) is 0 Å². The number of rotatable bonds is 0. The van der Waals surface area contributed by atoms with E-state index >= 15 is 0 Å². The highest BCUT2D eigenvalue weighted by Gasteiger charge is 2.19. The second-order valence-electron chi connectivity index (χ2n) is 3.05. The molecule has 0 aliphatic carbocycles. The maximum atomic E-state index is 11.1. The van der Waals surface area contributed by atoms with Crippen molar-refractivity contribution >= 4 is 23.3 Å². The lowest BCUT2D eigenvalue weighted by atomic mass is 10.0. The maximum Gasteiger partial charge on any atom is 0.319 e. The van der Waals surface area contributed by atoms with E-state index in [1.807, 2.05) is 19.1 Å². The standard InChI is InChI=1S/C9H9ClN2O/c1-5-7-4-6(10)2-3-8(7)12-9(13)11-5/h2-5H,1H3,(H2,11,12,13). The van der Waals surface area contributed by atoms with Gasteiger partial charge >= 0.3 is 6.03 Å². The molecule has 1 atom stereocenters. The molecule has 4 heteroatoms. The second-order valence-corrected chi connectivity index (χ2v) is 3.49. The summed E-state index contributed by atoms with van der Waals surface area (Å²) in [6, 6.07) is 5.28. The Morgan fingerprint density at radius 2 is 2.23 bits per heavy atom. The monoisotopic (exact) mass is 196 g/mol. The molecule has 0 saturated heterocycles. The molecule has 0 fully saturated rings. The summed E-state index contributed by atoms with van der Waals surface area (Å²) in [4.78, 5) is 11.1. The van der Waals surface area contributed by atoms with E-state index in [9.17, 15) is 4.79 Å². The van der Waals surface area contributed by atoms with Crippen LogP contribution >= 0.6 is 11.6 Å². The zero-order valence-corrected chi connectivity index (χ0v) is 7.85. The van der Waals surface area contributed by atoms with Gasteiger partial charge in [-0.25, -0.2) is 4.79 Å². The third-order valence-corrected chi connectivity index (χ3v) is 2.31. The number of fused-ring (bicyclic) bond motifs is 1. The topological polar surface area (TPSA) is 41.1 Å². The van der Waals surface area contributed by atoms with Crippen LogP contribution in [-0.4, -0.2) is 6.03 Å². The Labute approximate surface area is 81.1 Å². The molecule has 1 aromatic carbocycles. The number of halogens is 1. The first-order valence-corrected chi connectivity index (χ1v) is 4.41. The van der Waals surface area contributed by atoms with Crippen LogP contribution in [0.15, 0.2) is 18.2 Å². The Morgan fingerprint density at radius 3 is 3.00 bits per heavy atom. The lowest BCUT2D eigenvalue weighted by Crippen LogP contribution is -2.36. The molecule has 0 bridgehead atoms. The van der Waals surface area contributed by atoms with Crippen LogP contribution in [0.1, 0.15) is 18.5 Å². The normalized spacial score (nSPS) is 20.2. The quantitative estimate of drug-likeness (QED) is 0.658. The summed E-state index contributed by atoms with van der Waals surface area (Å²) in [5, 5.41) is 6.15. The molecule has 0 saturated carbocycles. The maximum absolute atomic E-state index is 11.1. The van der Waals surface area contributed by atoms with E-state index in [-0.39, 0.29) is 12.1 Å². The smallest absolute Gasteiger partial charge is 0.319 e. The van der Waals surface area contributed by atoms with Crippen LogP contribution in [0.2, 0.25) is 5.02 Å². The average molecular weight is 197 g/mol. The fourth-order valence-corrected chi connectivity index (χ4v) is 1.62. The van der Waals surface area contributed by atoms with E-state index < -0.39 is 0 Å². The van der Waals surface area contributed by atoms with Gasteiger partial charge in [0.1, 0.15) is 0 Å². The second kappa shape index (κ2) is 2.92. The summed E-state index contributed by atoms with van der Waals surface area (Å²) in [6.45, 7) is 1.92. The van der Waals surface area contributed by atoms with Gasteiger partial charge in [0.25, 0.3) is 0 Å². The highest BCUT2D eigenvalue weighted by atomic mass is 35.5. The van der Waals surface area contributed by atoms with Gasteiger partial charge in [-0.05, 0) is 30.7 Å². The summed E-state index contributed by atoms with van der Waals surface area (Å²) < 4.78 is 0. The number of hydrogen-bond acceptors (Lipinski definition) is 1. The average Bonchev–Trinajstić information content (AvgIpc) is 2.06. The number of benzene rings is 1.